The third kappa shape index (κ3) is 6.62. The number of nitrogens with zero attached hydrogens (tertiary/aromatic N) is 3. The number of benzene rings is 1. The van der Waals surface area contributed by atoms with E-state index < -0.39 is 29.4 Å². The first-order valence-electron chi connectivity index (χ1n) is 11.0. The lowest BCUT2D eigenvalue weighted by Crippen LogP contribution is -2.32. The Hall–Kier alpha value is -3.99. The van der Waals surface area contributed by atoms with Crippen LogP contribution in [0.4, 0.5) is 24.7 Å². The number of carbonyl (C=O) groups is 2. The lowest BCUT2D eigenvalue weighted by Gasteiger charge is -2.18. The van der Waals surface area contributed by atoms with E-state index >= 15 is 0 Å². The van der Waals surface area contributed by atoms with Crippen LogP contribution in [0.1, 0.15) is 35.5 Å². The van der Waals surface area contributed by atoms with Gasteiger partial charge in [-0.1, -0.05) is 17.7 Å². The number of aromatic nitrogens is 2. The van der Waals surface area contributed by atoms with Crippen LogP contribution in [0.25, 0.3) is 10.9 Å². The number of fused-ring (bicyclic) bond motifs is 1. The summed E-state index contributed by atoms with van der Waals surface area (Å²) in [4.78, 5) is 38.6. The maximum atomic E-state index is 13.3. The SMILES string of the molecule is Cc1ccc2c(C)c(NC(=O)C(C=C(N)C(F)(F)F)=Nc3ncccc3Cl)c(C(=O)NC(C)C)cc2n1. The predicted molar refractivity (Wildman–Crippen MR) is 137 cm³/mol. The molecular formula is C25H24ClF3N6O2. The van der Waals surface area contributed by atoms with Crippen molar-refractivity contribution in [2.75, 3.05) is 5.32 Å². The molecule has 0 radical (unpaired) electrons. The standard InChI is InChI=1S/C25H24ClF3N6O2/c1-12(2)32-23(36)16-10-18-15(8-7-13(3)33-18)14(4)21(16)35-24(37)19(11-20(30)25(27,28)29)34-22-17(26)6-5-9-31-22/h5-12H,30H2,1-4H3,(H,32,36)(H,35,37). The van der Waals surface area contributed by atoms with E-state index in [1.807, 2.05) is 0 Å². The summed E-state index contributed by atoms with van der Waals surface area (Å²) in [5.41, 5.74) is 4.78. The van der Waals surface area contributed by atoms with Gasteiger partial charge in [0.2, 0.25) is 0 Å². The summed E-state index contributed by atoms with van der Waals surface area (Å²) >= 11 is 6.04. The molecule has 2 heterocycles. The molecule has 1 aromatic carbocycles. The number of pyridine rings is 2. The van der Waals surface area contributed by atoms with Crippen molar-refractivity contribution in [2.24, 2.45) is 10.7 Å². The molecule has 0 saturated carbocycles. The topological polar surface area (TPSA) is 122 Å². The highest BCUT2D eigenvalue weighted by Gasteiger charge is 2.32. The number of carbonyl (C=O) groups excluding carboxylic acids is 2. The molecule has 0 aliphatic heterocycles. The molecule has 12 heteroatoms. The monoisotopic (exact) mass is 532 g/mol. The molecule has 0 saturated heterocycles. The molecule has 3 aromatic rings. The van der Waals surface area contributed by atoms with Gasteiger partial charge in [0.15, 0.2) is 5.82 Å². The number of rotatable bonds is 6. The number of allylic oxidation sites excluding steroid dienone is 1. The Morgan fingerprint density at radius 2 is 1.89 bits per heavy atom. The zero-order chi connectivity index (χ0) is 27.5. The van der Waals surface area contributed by atoms with E-state index in [2.05, 4.69) is 25.6 Å². The van der Waals surface area contributed by atoms with E-state index in [4.69, 9.17) is 17.3 Å². The summed E-state index contributed by atoms with van der Waals surface area (Å²) < 4.78 is 39.6. The fourth-order valence-electron chi connectivity index (χ4n) is 3.36. The third-order valence-electron chi connectivity index (χ3n) is 5.11. The summed E-state index contributed by atoms with van der Waals surface area (Å²) in [6, 6.07) is 7.73. The number of nitrogens with one attached hydrogen (secondary N) is 2. The molecule has 8 nitrogen and oxygen atoms in total. The Morgan fingerprint density at radius 3 is 2.51 bits per heavy atom. The van der Waals surface area contributed by atoms with Crippen LogP contribution in [0.15, 0.2) is 53.3 Å². The lowest BCUT2D eigenvalue weighted by molar-refractivity contribution is -0.110. The molecular weight excluding hydrogens is 509 g/mol. The van der Waals surface area contributed by atoms with Crippen LogP contribution >= 0.6 is 11.6 Å². The molecule has 37 heavy (non-hydrogen) atoms. The predicted octanol–water partition coefficient (Wildman–Crippen LogP) is 5.15. The number of amides is 2. The van der Waals surface area contributed by atoms with E-state index in [0.29, 0.717) is 28.2 Å². The van der Waals surface area contributed by atoms with Crippen LogP contribution in [-0.2, 0) is 4.79 Å². The Bertz CT molecular complexity index is 1430. The van der Waals surface area contributed by atoms with Crippen molar-refractivity contribution in [3.8, 4) is 0 Å². The lowest BCUT2D eigenvalue weighted by atomic mass is 10.0. The average molecular weight is 533 g/mol. The number of hydrogen-bond donors (Lipinski definition) is 3. The first kappa shape index (κ1) is 27.6. The summed E-state index contributed by atoms with van der Waals surface area (Å²) in [6.07, 6.45) is -3.22. The number of anilines is 1. The summed E-state index contributed by atoms with van der Waals surface area (Å²) in [7, 11) is 0. The van der Waals surface area contributed by atoms with Crippen LogP contribution in [0.5, 0.6) is 0 Å². The van der Waals surface area contributed by atoms with Gasteiger partial charge in [-0.15, -0.1) is 0 Å². The smallest absolute Gasteiger partial charge is 0.395 e. The molecule has 2 amide bonds. The van der Waals surface area contributed by atoms with Crippen LogP contribution in [0.2, 0.25) is 5.02 Å². The van der Waals surface area contributed by atoms with E-state index in [9.17, 15) is 22.8 Å². The molecule has 4 N–H and O–H groups in total. The van der Waals surface area contributed by atoms with E-state index in [0.717, 1.165) is 0 Å². The molecule has 0 bridgehead atoms. The van der Waals surface area contributed by atoms with Gasteiger partial charge in [-0.2, -0.15) is 13.2 Å². The Kier molecular flexibility index (Phi) is 8.17. The van der Waals surface area contributed by atoms with Crippen molar-refractivity contribution in [3.05, 3.63) is 70.1 Å². The van der Waals surface area contributed by atoms with Gasteiger partial charge in [0.05, 0.1) is 21.8 Å². The second kappa shape index (κ2) is 11.0. The van der Waals surface area contributed by atoms with Crippen LogP contribution in [-0.4, -0.2) is 39.7 Å². The zero-order valence-corrected chi connectivity index (χ0v) is 21.1. The summed E-state index contributed by atoms with van der Waals surface area (Å²) in [5, 5.41) is 5.94. The van der Waals surface area contributed by atoms with Gasteiger partial charge in [0.1, 0.15) is 11.4 Å². The number of halogens is 4. The molecule has 0 atom stereocenters. The summed E-state index contributed by atoms with van der Waals surface area (Å²) in [5.74, 6) is -1.75. The third-order valence-corrected chi connectivity index (χ3v) is 5.41. The van der Waals surface area contributed by atoms with Gasteiger partial charge in [-0.25, -0.2) is 9.98 Å². The largest absolute Gasteiger partial charge is 0.430 e. The number of aliphatic imine (C=N–C) groups is 1. The molecule has 2 aromatic heterocycles. The van der Waals surface area contributed by atoms with Gasteiger partial charge in [0, 0.05) is 23.3 Å². The molecule has 0 aliphatic rings. The van der Waals surface area contributed by atoms with Gasteiger partial charge < -0.3 is 16.4 Å². The van der Waals surface area contributed by atoms with Crippen LogP contribution in [0, 0.1) is 13.8 Å². The average Bonchev–Trinajstić information content (AvgIpc) is 2.80. The Morgan fingerprint density at radius 1 is 1.19 bits per heavy atom. The number of alkyl halides is 3. The summed E-state index contributed by atoms with van der Waals surface area (Å²) in [6.45, 7) is 6.98. The van der Waals surface area contributed by atoms with Crippen molar-refractivity contribution in [2.45, 2.75) is 39.9 Å². The molecule has 0 unspecified atom stereocenters. The normalized spacial score (nSPS) is 12.7. The molecule has 0 fully saturated rings. The van der Waals surface area contributed by atoms with Crippen LogP contribution in [0.3, 0.4) is 0 Å². The van der Waals surface area contributed by atoms with Crippen molar-refractivity contribution in [1.29, 1.82) is 0 Å². The Labute approximate surface area is 215 Å². The first-order valence-corrected chi connectivity index (χ1v) is 11.4. The number of hydrogen-bond acceptors (Lipinski definition) is 6. The van der Waals surface area contributed by atoms with Crippen molar-refractivity contribution in [3.63, 3.8) is 0 Å². The van der Waals surface area contributed by atoms with Crippen molar-refractivity contribution >= 4 is 51.5 Å². The van der Waals surface area contributed by atoms with E-state index in [-0.39, 0.29) is 28.1 Å². The maximum absolute atomic E-state index is 13.3. The zero-order valence-electron chi connectivity index (χ0n) is 20.4. The van der Waals surface area contributed by atoms with Gasteiger partial charge >= 0.3 is 6.18 Å². The van der Waals surface area contributed by atoms with Crippen molar-refractivity contribution in [1.82, 2.24) is 15.3 Å². The quantitative estimate of drug-likeness (QED) is 0.379. The minimum Gasteiger partial charge on any atom is -0.395 e. The number of nitrogens with two attached hydrogens (primary N) is 1. The minimum absolute atomic E-state index is 0.00658. The maximum Gasteiger partial charge on any atom is 0.430 e. The first-order chi connectivity index (χ1) is 17.3. The van der Waals surface area contributed by atoms with E-state index in [1.54, 1.807) is 39.8 Å². The van der Waals surface area contributed by atoms with Crippen LogP contribution < -0.4 is 16.4 Å². The second-order valence-corrected chi connectivity index (χ2v) is 8.84. The van der Waals surface area contributed by atoms with Gasteiger partial charge in [-0.3, -0.25) is 14.6 Å². The Balaban J connectivity index is 2.18. The highest BCUT2D eigenvalue weighted by atomic mass is 35.5. The van der Waals surface area contributed by atoms with Crippen molar-refractivity contribution < 1.29 is 22.8 Å². The fourth-order valence-corrected chi connectivity index (χ4v) is 3.52. The van der Waals surface area contributed by atoms with E-state index in [1.165, 1.54) is 24.4 Å². The minimum atomic E-state index is -4.92. The number of aryl methyl sites for hydroxylation is 2. The molecule has 0 spiro atoms. The highest BCUT2D eigenvalue weighted by Crippen LogP contribution is 2.30. The molecule has 194 valence electrons. The van der Waals surface area contributed by atoms with Gasteiger partial charge in [-0.05, 0) is 63.6 Å². The second-order valence-electron chi connectivity index (χ2n) is 8.43. The highest BCUT2D eigenvalue weighted by molar-refractivity contribution is 6.48. The van der Waals surface area contributed by atoms with Gasteiger partial charge in [0.25, 0.3) is 11.8 Å². The fraction of sp³-hybridized carbons (Fsp3) is 0.240. The molecule has 3 rings (SSSR count). The molecule has 0 aliphatic carbocycles.